The minimum atomic E-state index is -0.474. The number of hydrogen-bond acceptors (Lipinski definition) is 5. The normalized spacial score (nSPS) is 9.76. The van der Waals surface area contributed by atoms with Crippen LogP contribution >= 0.6 is 15.9 Å². The Hall–Kier alpha value is -2.43. The summed E-state index contributed by atoms with van der Waals surface area (Å²) in [6.45, 7) is 0.141. The summed E-state index contributed by atoms with van der Waals surface area (Å²) in [7, 11) is 0. The van der Waals surface area contributed by atoms with Crippen LogP contribution in [0.15, 0.2) is 40.9 Å². The standard InChI is InChI=1S/C14H11BrN4O2/c15-10-4-5-13(9(6-10)7-16)21-8-11-2-1-3-12(18-11)14(20)19-17/h1-6H,8,17H2,(H,19,20). The first kappa shape index (κ1) is 15.0. The van der Waals surface area contributed by atoms with Crippen molar-refractivity contribution in [3.63, 3.8) is 0 Å². The first-order valence-electron chi connectivity index (χ1n) is 5.93. The van der Waals surface area contributed by atoms with Gasteiger partial charge in [0.05, 0.1) is 11.3 Å². The maximum atomic E-state index is 11.4. The molecule has 6 nitrogen and oxygen atoms in total. The zero-order valence-electron chi connectivity index (χ0n) is 10.8. The molecule has 21 heavy (non-hydrogen) atoms. The number of carbonyl (C=O) groups is 1. The number of nitrogen functional groups attached to an aromatic ring is 1. The van der Waals surface area contributed by atoms with E-state index in [0.29, 0.717) is 17.0 Å². The van der Waals surface area contributed by atoms with Crippen LogP contribution in [-0.4, -0.2) is 10.9 Å². The molecule has 0 saturated carbocycles. The van der Waals surface area contributed by atoms with E-state index in [9.17, 15) is 4.79 Å². The minimum absolute atomic E-state index is 0.141. The summed E-state index contributed by atoms with van der Waals surface area (Å²) < 4.78 is 6.37. The molecular formula is C14H11BrN4O2. The monoisotopic (exact) mass is 346 g/mol. The van der Waals surface area contributed by atoms with Gasteiger partial charge in [-0.15, -0.1) is 0 Å². The Balaban J connectivity index is 2.14. The molecule has 0 radical (unpaired) electrons. The zero-order chi connectivity index (χ0) is 15.2. The number of benzene rings is 1. The lowest BCUT2D eigenvalue weighted by molar-refractivity contribution is 0.0948. The summed E-state index contributed by atoms with van der Waals surface area (Å²) in [6.07, 6.45) is 0. The topological polar surface area (TPSA) is 101 Å². The van der Waals surface area contributed by atoms with Gasteiger partial charge in [-0.05, 0) is 30.3 Å². The van der Waals surface area contributed by atoms with Gasteiger partial charge in [0.15, 0.2) is 0 Å². The third-order valence-corrected chi connectivity index (χ3v) is 3.10. The summed E-state index contributed by atoms with van der Waals surface area (Å²) in [5.41, 5.74) is 3.19. The Morgan fingerprint density at radius 1 is 1.43 bits per heavy atom. The number of nitriles is 1. The highest BCUT2D eigenvalue weighted by atomic mass is 79.9. The van der Waals surface area contributed by atoms with Crippen LogP contribution in [0, 0.1) is 11.3 Å². The second-order valence-electron chi connectivity index (χ2n) is 4.03. The molecule has 1 aromatic carbocycles. The van der Waals surface area contributed by atoms with Gasteiger partial charge in [0, 0.05) is 4.47 Å². The first-order valence-corrected chi connectivity index (χ1v) is 6.72. The quantitative estimate of drug-likeness (QED) is 0.500. The molecule has 1 amide bonds. The van der Waals surface area contributed by atoms with E-state index in [4.69, 9.17) is 15.8 Å². The van der Waals surface area contributed by atoms with E-state index < -0.39 is 5.91 Å². The van der Waals surface area contributed by atoms with Crippen LogP contribution in [-0.2, 0) is 6.61 Å². The van der Waals surface area contributed by atoms with Gasteiger partial charge in [0.25, 0.3) is 5.91 Å². The Labute approximate surface area is 129 Å². The predicted octanol–water partition coefficient (Wildman–Crippen LogP) is 1.90. The van der Waals surface area contributed by atoms with Crippen molar-refractivity contribution in [2.45, 2.75) is 6.61 Å². The number of nitrogens with zero attached hydrogens (tertiary/aromatic N) is 2. The maximum absolute atomic E-state index is 11.4. The Kier molecular flexibility index (Phi) is 4.87. The van der Waals surface area contributed by atoms with Gasteiger partial charge in [0.1, 0.15) is 24.1 Å². The smallest absolute Gasteiger partial charge is 0.283 e. The maximum Gasteiger partial charge on any atom is 0.283 e. The molecule has 0 spiro atoms. The molecule has 0 atom stereocenters. The number of ether oxygens (including phenoxy) is 1. The van der Waals surface area contributed by atoms with Crippen molar-refractivity contribution < 1.29 is 9.53 Å². The number of halogens is 1. The van der Waals surface area contributed by atoms with Gasteiger partial charge in [-0.3, -0.25) is 10.2 Å². The van der Waals surface area contributed by atoms with Crippen molar-refractivity contribution in [2.75, 3.05) is 0 Å². The van der Waals surface area contributed by atoms with Gasteiger partial charge in [-0.1, -0.05) is 22.0 Å². The van der Waals surface area contributed by atoms with E-state index in [1.807, 2.05) is 5.43 Å². The average molecular weight is 347 g/mol. The number of hydrogen-bond donors (Lipinski definition) is 2. The second-order valence-corrected chi connectivity index (χ2v) is 4.94. The van der Waals surface area contributed by atoms with Crippen LogP contribution in [0.5, 0.6) is 5.75 Å². The molecule has 0 aliphatic carbocycles. The zero-order valence-corrected chi connectivity index (χ0v) is 12.4. The van der Waals surface area contributed by atoms with E-state index in [-0.39, 0.29) is 12.3 Å². The van der Waals surface area contributed by atoms with Crippen molar-refractivity contribution in [1.29, 1.82) is 5.26 Å². The number of carbonyl (C=O) groups excluding carboxylic acids is 1. The van der Waals surface area contributed by atoms with Crippen LogP contribution in [0.2, 0.25) is 0 Å². The molecule has 0 fully saturated rings. The Bertz CT molecular complexity index is 712. The molecule has 0 saturated heterocycles. The van der Waals surface area contributed by atoms with Crippen LogP contribution in [0.3, 0.4) is 0 Å². The predicted molar refractivity (Wildman–Crippen MR) is 79.1 cm³/mol. The number of aromatic nitrogens is 1. The molecule has 1 heterocycles. The highest BCUT2D eigenvalue weighted by Crippen LogP contribution is 2.23. The van der Waals surface area contributed by atoms with Crippen LogP contribution in [0.25, 0.3) is 0 Å². The van der Waals surface area contributed by atoms with Crippen molar-refractivity contribution in [3.05, 3.63) is 57.8 Å². The largest absolute Gasteiger partial charge is 0.486 e. The van der Waals surface area contributed by atoms with Crippen molar-refractivity contribution in [2.24, 2.45) is 5.84 Å². The molecule has 0 bridgehead atoms. The number of nitrogens with one attached hydrogen (secondary N) is 1. The summed E-state index contributed by atoms with van der Waals surface area (Å²) in [6, 6.07) is 12.1. The average Bonchev–Trinajstić information content (AvgIpc) is 2.53. The summed E-state index contributed by atoms with van der Waals surface area (Å²) in [5.74, 6) is 5.04. The highest BCUT2D eigenvalue weighted by molar-refractivity contribution is 9.10. The van der Waals surface area contributed by atoms with Gasteiger partial charge >= 0.3 is 0 Å². The highest BCUT2D eigenvalue weighted by Gasteiger charge is 2.08. The number of pyridine rings is 1. The lowest BCUT2D eigenvalue weighted by atomic mass is 10.2. The Morgan fingerprint density at radius 2 is 2.24 bits per heavy atom. The van der Waals surface area contributed by atoms with Crippen LogP contribution in [0.1, 0.15) is 21.7 Å². The number of nitrogens with two attached hydrogens (primary N) is 1. The summed E-state index contributed by atoms with van der Waals surface area (Å²) in [4.78, 5) is 15.5. The van der Waals surface area contributed by atoms with Gasteiger partial charge < -0.3 is 4.74 Å². The number of hydrazine groups is 1. The van der Waals surface area contributed by atoms with Crippen LogP contribution < -0.4 is 16.0 Å². The SMILES string of the molecule is N#Cc1cc(Br)ccc1OCc1cccc(C(=O)NN)n1. The minimum Gasteiger partial charge on any atom is -0.486 e. The van der Waals surface area contributed by atoms with Crippen molar-refractivity contribution in [1.82, 2.24) is 10.4 Å². The van der Waals surface area contributed by atoms with E-state index in [0.717, 1.165) is 4.47 Å². The van der Waals surface area contributed by atoms with Gasteiger partial charge in [-0.25, -0.2) is 10.8 Å². The third kappa shape index (κ3) is 3.78. The molecule has 106 valence electrons. The van der Waals surface area contributed by atoms with E-state index >= 15 is 0 Å². The summed E-state index contributed by atoms with van der Waals surface area (Å²) >= 11 is 3.29. The van der Waals surface area contributed by atoms with Crippen molar-refractivity contribution in [3.8, 4) is 11.8 Å². The molecule has 7 heteroatoms. The molecule has 2 aromatic rings. The molecule has 1 aromatic heterocycles. The van der Waals surface area contributed by atoms with E-state index in [1.165, 1.54) is 0 Å². The lowest BCUT2D eigenvalue weighted by Gasteiger charge is -2.08. The Morgan fingerprint density at radius 3 is 2.95 bits per heavy atom. The second kappa shape index (κ2) is 6.83. The summed E-state index contributed by atoms with van der Waals surface area (Å²) in [5, 5.41) is 9.06. The molecule has 0 aliphatic rings. The third-order valence-electron chi connectivity index (χ3n) is 2.61. The molecule has 0 aliphatic heterocycles. The molecule has 3 N–H and O–H groups in total. The fourth-order valence-electron chi connectivity index (χ4n) is 1.63. The van der Waals surface area contributed by atoms with E-state index in [2.05, 4.69) is 27.0 Å². The molecule has 0 unspecified atom stereocenters. The van der Waals surface area contributed by atoms with Crippen LogP contribution in [0.4, 0.5) is 0 Å². The first-order chi connectivity index (χ1) is 10.1. The fourth-order valence-corrected chi connectivity index (χ4v) is 1.99. The lowest BCUT2D eigenvalue weighted by Crippen LogP contribution is -2.30. The van der Waals surface area contributed by atoms with Crippen molar-refractivity contribution >= 4 is 21.8 Å². The fraction of sp³-hybridized carbons (Fsp3) is 0.0714. The molecular weight excluding hydrogens is 336 g/mol. The number of amides is 1. The molecule has 2 rings (SSSR count). The van der Waals surface area contributed by atoms with E-state index in [1.54, 1.807) is 36.4 Å². The van der Waals surface area contributed by atoms with Gasteiger partial charge in [0.2, 0.25) is 0 Å². The number of rotatable bonds is 4. The van der Waals surface area contributed by atoms with Gasteiger partial charge in [-0.2, -0.15) is 5.26 Å².